The van der Waals surface area contributed by atoms with Gasteiger partial charge in [-0.3, -0.25) is 14.4 Å². The first-order valence-corrected chi connectivity index (χ1v) is 12.4. The Morgan fingerprint density at radius 2 is 1.56 bits per heavy atom. The van der Waals surface area contributed by atoms with Crippen LogP contribution in [0.15, 0.2) is 91.1 Å². The average Bonchev–Trinajstić information content (AvgIpc) is 3.39. The van der Waals surface area contributed by atoms with Crippen molar-refractivity contribution in [3.8, 4) is 22.4 Å². The molecule has 4 heterocycles. The Balaban J connectivity index is 0.00000267. The fourth-order valence-corrected chi connectivity index (χ4v) is 5.58. The standard InChI is InChI=1S/C29H29N5O.ClH/c35-29(30-25-9-5-2-6-10-25)27-19-33-16-15-24(27)17-26(33)18-34-20-28(31-32-34)23-13-11-22(12-14-23)21-7-3-1-4-8-21;/h1-14,20,24,26-27H,15-19H2,(H,30,35);1H/t24?,26-,27+;/m1./s1. The van der Waals surface area contributed by atoms with Crippen molar-refractivity contribution in [3.05, 3.63) is 91.1 Å². The summed E-state index contributed by atoms with van der Waals surface area (Å²) in [6.07, 6.45) is 4.15. The minimum absolute atomic E-state index is 0. The number of halogens is 1. The molecule has 7 heteroatoms. The molecular formula is C29H30ClN5O. The van der Waals surface area contributed by atoms with Gasteiger partial charge in [0.15, 0.2) is 0 Å². The number of para-hydroxylation sites is 1. The molecule has 7 rings (SSSR count). The van der Waals surface area contributed by atoms with Crippen molar-refractivity contribution in [1.82, 2.24) is 19.9 Å². The van der Waals surface area contributed by atoms with E-state index in [0.717, 1.165) is 49.4 Å². The summed E-state index contributed by atoms with van der Waals surface area (Å²) in [6.45, 7) is 2.67. The van der Waals surface area contributed by atoms with E-state index in [-0.39, 0.29) is 24.2 Å². The van der Waals surface area contributed by atoms with E-state index in [1.165, 1.54) is 11.1 Å². The molecule has 3 aliphatic heterocycles. The first-order valence-electron chi connectivity index (χ1n) is 12.4. The second kappa shape index (κ2) is 10.6. The zero-order valence-corrected chi connectivity index (χ0v) is 20.8. The van der Waals surface area contributed by atoms with E-state index in [1.54, 1.807) is 0 Å². The van der Waals surface area contributed by atoms with Gasteiger partial charge in [0.05, 0.1) is 18.7 Å². The van der Waals surface area contributed by atoms with E-state index in [0.29, 0.717) is 12.0 Å². The highest BCUT2D eigenvalue weighted by molar-refractivity contribution is 5.93. The zero-order valence-electron chi connectivity index (χ0n) is 20.0. The minimum Gasteiger partial charge on any atom is -0.326 e. The number of aromatic nitrogens is 3. The van der Waals surface area contributed by atoms with Crippen molar-refractivity contribution in [3.63, 3.8) is 0 Å². The number of hydrogen-bond donors (Lipinski definition) is 1. The number of rotatable bonds is 6. The number of nitrogens with one attached hydrogen (secondary N) is 1. The molecule has 2 bridgehead atoms. The lowest BCUT2D eigenvalue weighted by atomic mass is 9.75. The molecule has 3 aromatic carbocycles. The Hall–Kier alpha value is -3.48. The highest BCUT2D eigenvalue weighted by Crippen LogP contribution is 2.37. The third kappa shape index (κ3) is 5.06. The highest BCUT2D eigenvalue weighted by Gasteiger charge is 2.43. The number of fused-ring (bicyclic) bond motifs is 3. The summed E-state index contributed by atoms with van der Waals surface area (Å²) < 4.78 is 1.96. The number of hydrogen-bond acceptors (Lipinski definition) is 4. The predicted molar refractivity (Wildman–Crippen MR) is 145 cm³/mol. The van der Waals surface area contributed by atoms with Gasteiger partial charge in [0.25, 0.3) is 0 Å². The Kier molecular flexibility index (Phi) is 7.16. The molecule has 1 N–H and O–H groups in total. The van der Waals surface area contributed by atoms with Crippen LogP contribution in [0.25, 0.3) is 22.4 Å². The first kappa shape index (κ1) is 24.2. The van der Waals surface area contributed by atoms with Crippen molar-refractivity contribution < 1.29 is 4.79 Å². The predicted octanol–water partition coefficient (Wildman–Crippen LogP) is 5.38. The van der Waals surface area contributed by atoms with Crippen molar-refractivity contribution >= 4 is 24.0 Å². The van der Waals surface area contributed by atoms with Crippen LogP contribution in [0.2, 0.25) is 0 Å². The fourth-order valence-electron chi connectivity index (χ4n) is 5.58. The molecule has 3 saturated heterocycles. The fraction of sp³-hybridized carbons (Fsp3) is 0.276. The molecule has 1 amide bonds. The van der Waals surface area contributed by atoms with E-state index >= 15 is 0 Å². The number of carbonyl (C=O) groups excluding carboxylic acids is 1. The molecule has 3 aliphatic rings. The summed E-state index contributed by atoms with van der Waals surface area (Å²) in [7, 11) is 0. The van der Waals surface area contributed by atoms with Crippen LogP contribution < -0.4 is 5.32 Å². The van der Waals surface area contributed by atoms with E-state index < -0.39 is 0 Å². The van der Waals surface area contributed by atoms with Gasteiger partial charge in [-0.25, -0.2) is 0 Å². The number of piperidine rings is 3. The maximum absolute atomic E-state index is 12.9. The lowest BCUT2D eigenvalue weighted by Crippen LogP contribution is -2.57. The SMILES string of the molecule is Cl.O=C(Nc1ccccc1)[C@H]1CN2CCC1C[C@@H]2Cn1cc(-c2ccc(-c3ccccc3)cc2)nn1. The molecule has 0 radical (unpaired) electrons. The second-order valence-corrected chi connectivity index (χ2v) is 9.66. The van der Waals surface area contributed by atoms with Crippen molar-refractivity contribution in [2.45, 2.75) is 25.4 Å². The molecule has 184 valence electrons. The monoisotopic (exact) mass is 499 g/mol. The van der Waals surface area contributed by atoms with Gasteiger partial charge >= 0.3 is 0 Å². The zero-order chi connectivity index (χ0) is 23.6. The van der Waals surface area contributed by atoms with Gasteiger partial charge in [0.2, 0.25) is 5.91 Å². The van der Waals surface area contributed by atoms with Gasteiger partial charge in [-0.2, -0.15) is 0 Å². The quantitative estimate of drug-likeness (QED) is 0.386. The van der Waals surface area contributed by atoms with Gasteiger partial charge in [-0.05, 0) is 48.6 Å². The van der Waals surface area contributed by atoms with Gasteiger partial charge in [0.1, 0.15) is 5.69 Å². The molecule has 4 aromatic rings. The van der Waals surface area contributed by atoms with Crippen LogP contribution in [0.3, 0.4) is 0 Å². The topological polar surface area (TPSA) is 63.1 Å². The third-order valence-electron chi connectivity index (χ3n) is 7.48. The number of benzene rings is 3. The van der Waals surface area contributed by atoms with Crippen LogP contribution >= 0.6 is 12.4 Å². The van der Waals surface area contributed by atoms with Crippen molar-refractivity contribution in [2.24, 2.45) is 11.8 Å². The smallest absolute Gasteiger partial charge is 0.229 e. The van der Waals surface area contributed by atoms with E-state index in [1.807, 2.05) is 47.3 Å². The van der Waals surface area contributed by atoms with Crippen LogP contribution in [-0.2, 0) is 11.3 Å². The van der Waals surface area contributed by atoms with Crippen molar-refractivity contribution in [1.29, 1.82) is 0 Å². The van der Waals surface area contributed by atoms with Gasteiger partial charge in [0, 0.05) is 23.8 Å². The third-order valence-corrected chi connectivity index (χ3v) is 7.48. The lowest BCUT2D eigenvalue weighted by Gasteiger charge is -2.49. The van der Waals surface area contributed by atoms with Crippen LogP contribution in [0.4, 0.5) is 5.69 Å². The van der Waals surface area contributed by atoms with E-state index in [4.69, 9.17) is 0 Å². The summed E-state index contributed by atoms with van der Waals surface area (Å²) in [4.78, 5) is 15.4. The average molecular weight is 500 g/mol. The second-order valence-electron chi connectivity index (χ2n) is 9.66. The maximum Gasteiger partial charge on any atom is 0.229 e. The highest BCUT2D eigenvalue weighted by atomic mass is 35.5. The van der Waals surface area contributed by atoms with Crippen molar-refractivity contribution in [2.75, 3.05) is 18.4 Å². The first-order chi connectivity index (χ1) is 17.2. The molecule has 0 aliphatic carbocycles. The molecule has 0 saturated carbocycles. The van der Waals surface area contributed by atoms with Crippen LogP contribution in [-0.4, -0.2) is 44.9 Å². The Labute approximate surface area is 217 Å². The van der Waals surface area contributed by atoms with Gasteiger partial charge in [-0.1, -0.05) is 78.0 Å². The molecule has 3 fully saturated rings. The number of carbonyl (C=O) groups is 1. The Morgan fingerprint density at radius 3 is 2.25 bits per heavy atom. The molecule has 6 nitrogen and oxygen atoms in total. The van der Waals surface area contributed by atoms with E-state index in [9.17, 15) is 4.79 Å². The summed E-state index contributed by atoms with van der Waals surface area (Å²) in [5, 5.41) is 12.0. The summed E-state index contributed by atoms with van der Waals surface area (Å²) in [6, 6.07) is 29.0. The number of amides is 1. The summed E-state index contributed by atoms with van der Waals surface area (Å²) in [5.41, 5.74) is 5.23. The number of anilines is 1. The van der Waals surface area contributed by atoms with Crippen LogP contribution in [0, 0.1) is 11.8 Å². The van der Waals surface area contributed by atoms with Crippen LogP contribution in [0.1, 0.15) is 12.8 Å². The van der Waals surface area contributed by atoms with Gasteiger partial charge < -0.3 is 5.32 Å². The minimum atomic E-state index is 0. The molecular weight excluding hydrogens is 470 g/mol. The Morgan fingerprint density at radius 1 is 0.889 bits per heavy atom. The van der Waals surface area contributed by atoms with E-state index in [2.05, 4.69) is 69.1 Å². The molecule has 4 atom stereocenters. The van der Waals surface area contributed by atoms with Gasteiger partial charge in [-0.15, -0.1) is 17.5 Å². The maximum atomic E-state index is 12.9. The molecule has 1 aromatic heterocycles. The normalized spacial score (nSPS) is 22.6. The largest absolute Gasteiger partial charge is 0.326 e. The number of nitrogens with zero attached hydrogens (tertiary/aromatic N) is 4. The lowest BCUT2D eigenvalue weighted by molar-refractivity contribution is -0.127. The molecule has 0 spiro atoms. The Bertz CT molecular complexity index is 1290. The summed E-state index contributed by atoms with van der Waals surface area (Å²) >= 11 is 0. The molecule has 2 unspecified atom stereocenters. The summed E-state index contributed by atoms with van der Waals surface area (Å²) in [5.74, 6) is 0.614. The molecule has 36 heavy (non-hydrogen) atoms. The van der Waals surface area contributed by atoms with Crippen LogP contribution in [0.5, 0.6) is 0 Å².